The van der Waals surface area contributed by atoms with E-state index >= 15 is 0 Å². The van der Waals surface area contributed by atoms with Crippen molar-refractivity contribution in [1.29, 1.82) is 0 Å². The van der Waals surface area contributed by atoms with Crippen molar-refractivity contribution in [3.63, 3.8) is 0 Å². The molecule has 158 valence electrons. The van der Waals surface area contributed by atoms with Crippen LogP contribution in [0.5, 0.6) is 0 Å². The molecule has 31 heavy (non-hydrogen) atoms. The van der Waals surface area contributed by atoms with E-state index < -0.39 is 0 Å². The minimum atomic E-state index is -0.249. The second-order valence-corrected chi connectivity index (χ2v) is 8.31. The van der Waals surface area contributed by atoms with Gasteiger partial charge in [-0.1, -0.05) is 37.3 Å². The number of carbonyl (C=O) groups is 3. The van der Waals surface area contributed by atoms with Crippen LogP contribution in [0.4, 0.5) is 5.69 Å². The Morgan fingerprint density at radius 1 is 1.06 bits per heavy atom. The van der Waals surface area contributed by atoms with E-state index in [1.165, 1.54) is 10.6 Å². The van der Waals surface area contributed by atoms with Gasteiger partial charge in [-0.25, -0.2) is 5.01 Å². The lowest BCUT2D eigenvalue weighted by molar-refractivity contribution is -0.130. The number of benzene rings is 2. The molecule has 1 fully saturated rings. The first-order chi connectivity index (χ1) is 15.0. The van der Waals surface area contributed by atoms with Crippen molar-refractivity contribution in [1.82, 2.24) is 10.7 Å². The van der Waals surface area contributed by atoms with Crippen LogP contribution in [-0.2, 0) is 16.0 Å². The highest BCUT2D eigenvalue weighted by atomic mass is 32.1. The minimum Gasteiger partial charge on any atom is -0.340 e. The molecule has 1 unspecified atom stereocenters. The van der Waals surface area contributed by atoms with Crippen LogP contribution in [0, 0.1) is 0 Å². The van der Waals surface area contributed by atoms with Crippen LogP contribution < -0.4 is 15.8 Å². The second-order valence-electron chi connectivity index (χ2n) is 7.33. The van der Waals surface area contributed by atoms with Gasteiger partial charge in [-0.2, -0.15) is 0 Å². The van der Waals surface area contributed by atoms with Gasteiger partial charge in [0.1, 0.15) is 0 Å². The minimum absolute atomic E-state index is 0.174. The van der Waals surface area contributed by atoms with Crippen LogP contribution in [0.15, 0.2) is 66.0 Å². The van der Waals surface area contributed by atoms with E-state index in [4.69, 9.17) is 0 Å². The van der Waals surface area contributed by atoms with Gasteiger partial charge in [0.15, 0.2) is 0 Å². The average Bonchev–Trinajstić information content (AvgIpc) is 3.34. The molecule has 3 aromatic rings. The van der Waals surface area contributed by atoms with Gasteiger partial charge in [-0.05, 0) is 53.3 Å². The van der Waals surface area contributed by atoms with Crippen LogP contribution in [0.25, 0.3) is 0 Å². The maximum Gasteiger partial charge on any atom is 0.252 e. The summed E-state index contributed by atoms with van der Waals surface area (Å²) in [6.45, 7) is 2.11. The largest absolute Gasteiger partial charge is 0.340 e. The summed E-state index contributed by atoms with van der Waals surface area (Å²) in [5.74, 6) is -0.585. The first kappa shape index (κ1) is 20.8. The Balaban J connectivity index is 1.53. The third-order valence-corrected chi connectivity index (χ3v) is 6.20. The van der Waals surface area contributed by atoms with Crippen LogP contribution >= 0.6 is 11.3 Å². The number of hydrogen-bond donors (Lipinski definition) is 2. The molecule has 0 aliphatic carbocycles. The number of nitrogens with zero attached hydrogens (tertiary/aromatic N) is 1. The molecule has 1 aromatic heterocycles. The van der Waals surface area contributed by atoms with Gasteiger partial charge >= 0.3 is 0 Å². The lowest BCUT2D eigenvalue weighted by atomic mass is 10.0. The Morgan fingerprint density at radius 2 is 1.81 bits per heavy atom. The summed E-state index contributed by atoms with van der Waals surface area (Å²) in [5, 5.41) is 6.35. The number of anilines is 1. The number of carbonyl (C=O) groups excluding carboxylic acids is 3. The molecule has 3 amide bonds. The Kier molecular flexibility index (Phi) is 6.13. The van der Waals surface area contributed by atoms with E-state index in [0.29, 0.717) is 11.3 Å². The quantitative estimate of drug-likeness (QED) is 0.617. The Bertz CT molecular complexity index is 1080. The Hall–Kier alpha value is -3.45. The van der Waals surface area contributed by atoms with Gasteiger partial charge in [-0.15, -0.1) is 11.3 Å². The number of hydrazine groups is 1. The average molecular weight is 434 g/mol. The topological polar surface area (TPSA) is 78.5 Å². The summed E-state index contributed by atoms with van der Waals surface area (Å²) in [7, 11) is 0. The molecule has 1 aliphatic heterocycles. The van der Waals surface area contributed by atoms with Gasteiger partial charge < -0.3 is 5.32 Å². The molecule has 0 saturated carbocycles. The molecular weight excluding hydrogens is 410 g/mol. The molecule has 2 N–H and O–H groups in total. The molecule has 2 heterocycles. The highest BCUT2D eigenvalue weighted by molar-refractivity contribution is 7.10. The number of rotatable bonds is 6. The van der Waals surface area contributed by atoms with Crippen molar-refractivity contribution >= 4 is 34.7 Å². The molecule has 1 atom stereocenters. The fourth-order valence-electron chi connectivity index (χ4n) is 3.48. The highest BCUT2D eigenvalue weighted by Gasteiger charge is 2.25. The molecule has 1 saturated heterocycles. The van der Waals surface area contributed by atoms with Gasteiger partial charge in [0.2, 0.25) is 11.8 Å². The first-order valence-corrected chi connectivity index (χ1v) is 11.1. The van der Waals surface area contributed by atoms with E-state index in [1.54, 1.807) is 35.6 Å². The van der Waals surface area contributed by atoms with E-state index in [0.717, 1.165) is 16.9 Å². The zero-order valence-electron chi connectivity index (χ0n) is 17.1. The second kappa shape index (κ2) is 9.14. The predicted octanol–water partition coefficient (Wildman–Crippen LogP) is 3.99. The van der Waals surface area contributed by atoms with Crippen molar-refractivity contribution in [2.45, 2.75) is 32.2 Å². The molecular formula is C24H23N3O3S. The summed E-state index contributed by atoms with van der Waals surface area (Å²) in [5.41, 5.74) is 5.83. The Labute approximate surface area is 184 Å². The number of aryl methyl sites for hydroxylation is 1. The lowest BCUT2D eigenvalue weighted by Crippen LogP contribution is -2.50. The summed E-state index contributed by atoms with van der Waals surface area (Å²) < 4.78 is 0. The summed E-state index contributed by atoms with van der Waals surface area (Å²) in [6, 6.07) is 18.6. The summed E-state index contributed by atoms with van der Waals surface area (Å²) in [4.78, 5) is 37.7. The maximum absolute atomic E-state index is 13.0. The first-order valence-electron chi connectivity index (χ1n) is 10.2. The van der Waals surface area contributed by atoms with E-state index in [-0.39, 0.29) is 36.6 Å². The van der Waals surface area contributed by atoms with E-state index in [2.05, 4.69) is 41.9 Å². The van der Waals surface area contributed by atoms with Crippen LogP contribution in [0.1, 0.15) is 52.2 Å². The normalized spacial score (nSPS) is 14.8. The van der Waals surface area contributed by atoms with Gasteiger partial charge in [0.25, 0.3) is 5.91 Å². The third kappa shape index (κ3) is 4.67. The fourth-order valence-corrected chi connectivity index (χ4v) is 4.28. The maximum atomic E-state index is 13.0. The molecule has 1 aliphatic rings. The van der Waals surface area contributed by atoms with E-state index in [9.17, 15) is 14.4 Å². The van der Waals surface area contributed by atoms with Crippen LogP contribution in [0.2, 0.25) is 0 Å². The number of nitrogens with one attached hydrogen (secondary N) is 2. The number of thiophene rings is 1. The lowest BCUT2D eigenvalue weighted by Gasteiger charge is -2.27. The van der Waals surface area contributed by atoms with Crippen molar-refractivity contribution in [2.75, 3.05) is 5.01 Å². The van der Waals surface area contributed by atoms with Gasteiger partial charge in [0, 0.05) is 23.3 Å². The SMILES string of the molecule is CCc1ccc(C(NC(=O)c2ccc(N3NC(=O)CCC3=O)cc2)c2cccs2)cc1. The van der Waals surface area contributed by atoms with Crippen molar-refractivity contribution < 1.29 is 14.4 Å². The van der Waals surface area contributed by atoms with Crippen molar-refractivity contribution in [2.24, 2.45) is 0 Å². The van der Waals surface area contributed by atoms with Gasteiger partial charge in [0.05, 0.1) is 11.7 Å². The van der Waals surface area contributed by atoms with Crippen LogP contribution in [0.3, 0.4) is 0 Å². The van der Waals surface area contributed by atoms with Gasteiger partial charge in [-0.3, -0.25) is 19.8 Å². The summed E-state index contributed by atoms with van der Waals surface area (Å²) >= 11 is 1.60. The fraction of sp³-hybridized carbons (Fsp3) is 0.208. The van der Waals surface area contributed by atoms with E-state index in [1.807, 2.05) is 17.5 Å². The highest BCUT2D eigenvalue weighted by Crippen LogP contribution is 2.27. The predicted molar refractivity (Wildman–Crippen MR) is 121 cm³/mol. The molecule has 2 aromatic carbocycles. The zero-order chi connectivity index (χ0) is 21.8. The summed E-state index contributed by atoms with van der Waals surface area (Å²) in [6.07, 6.45) is 1.33. The third-order valence-electron chi connectivity index (χ3n) is 5.26. The van der Waals surface area contributed by atoms with Crippen LogP contribution in [-0.4, -0.2) is 17.7 Å². The molecule has 6 nitrogen and oxygen atoms in total. The standard InChI is InChI=1S/C24H23N3O3S/c1-2-16-5-7-17(8-6-16)23(20-4-3-15-31-20)25-24(30)18-9-11-19(12-10-18)27-22(29)14-13-21(28)26-27/h3-12,15,23H,2,13-14H2,1H3,(H,25,30)(H,26,28). The molecule has 0 spiro atoms. The smallest absolute Gasteiger partial charge is 0.252 e. The molecule has 0 bridgehead atoms. The molecule has 4 rings (SSSR count). The molecule has 0 radical (unpaired) electrons. The molecule has 7 heteroatoms. The number of hydrogen-bond acceptors (Lipinski definition) is 4. The van der Waals surface area contributed by atoms with Crippen molar-refractivity contribution in [3.05, 3.63) is 87.6 Å². The number of amides is 3. The zero-order valence-corrected chi connectivity index (χ0v) is 17.9. The Morgan fingerprint density at radius 3 is 2.45 bits per heavy atom. The monoisotopic (exact) mass is 433 g/mol. The van der Waals surface area contributed by atoms with Crippen molar-refractivity contribution in [3.8, 4) is 0 Å².